The number of fused-ring (bicyclic) bond motifs is 6. The minimum atomic E-state index is 0.895. The maximum absolute atomic E-state index is 6.25. The van der Waals surface area contributed by atoms with Crippen LogP contribution in [0.4, 0.5) is 17.1 Å². The summed E-state index contributed by atoms with van der Waals surface area (Å²) < 4.78 is 8.79. The summed E-state index contributed by atoms with van der Waals surface area (Å²) in [4.78, 5) is 2.45. The molecule has 9 aromatic carbocycles. The molecule has 268 valence electrons. The first-order valence-electron chi connectivity index (χ1n) is 19.3. The van der Waals surface area contributed by atoms with Gasteiger partial charge in [-0.05, 0) is 105 Å². The molecule has 0 N–H and O–H groups in total. The predicted octanol–water partition coefficient (Wildman–Crippen LogP) is 16.1. The number of rotatable bonds is 7. The lowest BCUT2D eigenvalue weighted by molar-refractivity contribution is 0.669. The van der Waals surface area contributed by atoms with Crippen molar-refractivity contribution in [3.63, 3.8) is 0 Å². The van der Waals surface area contributed by atoms with Crippen molar-refractivity contribution in [1.82, 2.24) is 0 Å². The summed E-state index contributed by atoms with van der Waals surface area (Å²) in [6, 6.07) is 76.5. The summed E-state index contributed by atoms with van der Waals surface area (Å²) in [5, 5.41) is 4.79. The molecule has 0 radical (unpaired) electrons. The molecule has 0 saturated carbocycles. The van der Waals surface area contributed by atoms with E-state index in [1.165, 1.54) is 48.0 Å². The number of thiophene rings is 1. The van der Waals surface area contributed by atoms with Gasteiger partial charge in [0.25, 0.3) is 0 Å². The first-order valence-corrected chi connectivity index (χ1v) is 20.1. The van der Waals surface area contributed by atoms with E-state index in [0.29, 0.717) is 0 Å². The topological polar surface area (TPSA) is 16.4 Å². The second kappa shape index (κ2) is 13.8. The lowest BCUT2D eigenvalue weighted by Gasteiger charge is -2.28. The standard InChI is InChI=1S/C54H35NOS/c1-3-14-36(15-4-1)40-32-41(39-28-31-52-49(35-39)46-20-9-11-24-51(46)56-52)34-43(33-40)55(50-23-13-22-48-47-21-10-12-25-53(47)57-54(48)50)42-29-26-38(27-30-42)45-19-8-7-18-44(45)37-16-5-2-6-17-37/h1-35H. The molecule has 0 saturated heterocycles. The number of nitrogens with zero attached hydrogens (tertiary/aromatic N) is 1. The fraction of sp³-hybridized carbons (Fsp3) is 0. The summed E-state index contributed by atoms with van der Waals surface area (Å²) in [7, 11) is 0. The molecule has 2 aromatic heterocycles. The van der Waals surface area contributed by atoms with E-state index in [0.717, 1.165) is 55.7 Å². The van der Waals surface area contributed by atoms with Gasteiger partial charge in [0, 0.05) is 37.6 Å². The minimum Gasteiger partial charge on any atom is -0.456 e. The van der Waals surface area contributed by atoms with Crippen LogP contribution in [0.5, 0.6) is 0 Å². The van der Waals surface area contributed by atoms with Crippen molar-refractivity contribution in [3.8, 4) is 44.5 Å². The highest BCUT2D eigenvalue weighted by Crippen LogP contribution is 2.47. The van der Waals surface area contributed by atoms with Crippen molar-refractivity contribution >= 4 is 70.5 Å². The van der Waals surface area contributed by atoms with Crippen LogP contribution >= 0.6 is 11.3 Å². The molecular weight excluding hydrogens is 711 g/mol. The van der Waals surface area contributed by atoms with Gasteiger partial charge in [-0.15, -0.1) is 11.3 Å². The molecule has 0 aliphatic carbocycles. The molecule has 11 rings (SSSR count). The molecule has 2 nitrogen and oxygen atoms in total. The minimum absolute atomic E-state index is 0.895. The van der Waals surface area contributed by atoms with Gasteiger partial charge in [0.2, 0.25) is 0 Å². The van der Waals surface area contributed by atoms with Crippen LogP contribution in [0.3, 0.4) is 0 Å². The van der Waals surface area contributed by atoms with Crippen LogP contribution in [0.25, 0.3) is 86.6 Å². The normalized spacial score (nSPS) is 11.5. The lowest BCUT2D eigenvalue weighted by Crippen LogP contribution is -2.10. The quantitative estimate of drug-likeness (QED) is 0.162. The van der Waals surface area contributed by atoms with E-state index < -0.39 is 0 Å². The Morgan fingerprint density at radius 2 is 0.912 bits per heavy atom. The number of para-hydroxylation sites is 1. The van der Waals surface area contributed by atoms with Crippen LogP contribution in [0.15, 0.2) is 217 Å². The zero-order valence-corrected chi connectivity index (χ0v) is 31.8. The molecule has 0 fully saturated rings. The fourth-order valence-electron chi connectivity index (χ4n) is 8.34. The number of benzene rings is 9. The monoisotopic (exact) mass is 745 g/mol. The molecule has 0 bridgehead atoms. The Kier molecular flexibility index (Phi) is 8.04. The fourth-order valence-corrected chi connectivity index (χ4v) is 9.55. The molecule has 0 unspecified atom stereocenters. The zero-order chi connectivity index (χ0) is 37.7. The van der Waals surface area contributed by atoms with Crippen molar-refractivity contribution in [1.29, 1.82) is 0 Å². The van der Waals surface area contributed by atoms with Gasteiger partial charge >= 0.3 is 0 Å². The second-order valence-corrected chi connectivity index (χ2v) is 15.5. The third-order valence-electron chi connectivity index (χ3n) is 11.1. The first kappa shape index (κ1) is 33.2. The summed E-state index contributed by atoms with van der Waals surface area (Å²) in [6.07, 6.45) is 0. The summed E-state index contributed by atoms with van der Waals surface area (Å²) >= 11 is 1.86. The Hall–Kier alpha value is -7.20. The van der Waals surface area contributed by atoms with Crippen LogP contribution in [-0.2, 0) is 0 Å². The number of hydrogen-bond donors (Lipinski definition) is 0. The van der Waals surface area contributed by atoms with Gasteiger partial charge in [-0.1, -0.05) is 152 Å². The molecule has 2 heterocycles. The highest BCUT2D eigenvalue weighted by Gasteiger charge is 2.21. The van der Waals surface area contributed by atoms with Crippen LogP contribution in [0, 0.1) is 0 Å². The molecule has 0 aliphatic heterocycles. The number of anilines is 3. The Morgan fingerprint density at radius 3 is 1.68 bits per heavy atom. The SMILES string of the molecule is c1ccc(-c2cc(-c3ccc4oc5ccccc5c4c3)cc(N(c3ccc(-c4ccccc4-c4ccccc4)cc3)c3cccc4c3sc3ccccc34)c2)cc1. The predicted molar refractivity (Wildman–Crippen MR) is 243 cm³/mol. The molecule has 0 atom stereocenters. The third kappa shape index (κ3) is 5.88. The molecule has 0 amide bonds. The Balaban J connectivity index is 1.13. The molecule has 0 aliphatic rings. The zero-order valence-electron chi connectivity index (χ0n) is 31.0. The van der Waals surface area contributed by atoms with Gasteiger partial charge in [-0.25, -0.2) is 0 Å². The van der Waals surface area contributed by atoms with Gasteiger partial charge in [-0.3, -0.25) is 0 Å². The van der Waals surface area contributed by atoms with Crippen LogP contribution in [-0.4, -0.2) is 0 Å². The van der Waals surface area contributed by atoms with Crippen LogP contribution in [0.1, 0.15) is 0 Å². The Morgan fingerprint density at radius 1 is 0.333 bits per heavy atom. The first-order chi connectivity index (χ1) is 28.2. The third-order valence-corrected chi connectivity index (χ3v) is 12.3. The van der Waals surface area contributed by atoms with Crippen molar-refractivity contribution in [2.24, 2.45) is 0 Å². The molecule has 3 heteroatoms. The van der Waals surface area contributed by atoms with Gasteiger partial charge in [0.1, 0.15) is 11.2 Å². The average molecular weight is 746 g/mol. The lowest BCUT2D eigenvalue weighted by atomic mass is 9.94. The smallest absolute Gasteiger partial charge is 0.135 e. The molecule has 11 aromatic rings. The van der Waals surface area contributed by atoms with E-state index in [2.05, 4.69) is 205 Å². The maximum Gasteiger partial charge on any atom is 0.135 e. The number of furan rings is 1. The van der Waals surface area contributed by atoms with E-state index in [1.807, 2.05) is 23.5 Å². The van der Waals surface area contributed by atoms with Crippen molar-refractivity contribution in [2.45, 2.75) is 0 Å². The van der Waals surface area contributed by atoms with E-state index >= 15 is 0 Å². The van der Waals surface area contributed by atoms with Crippen molar-refractivity contribution in [3.05, 3.63) is 212 Å². The van der Waals surface area contributed by atoms with Crippen molar-refractivity contribution in [2.75, 3.05) is 4.90 Å². The van der Waals surface area contributed by atoms with Gasteiger partial charge in [-0.2, -0.15) is 0 Å². The van der Waals surface area contributed by atoms with Gasteiger partial charge in [0.15, 0.2) is 0 Å². The largest absolute Gasteiger partial charge is 0.456 e. The molecular formula is C54H35NOS. The van der Waals surface area contributed by atoms with E-state index in [9.17, 15) is 0 Å². The summed E-state index contributed by atoms with van der Waals surface area (Å²) in [6.45, 7) is 0. The molecule has 57 heavy (non-hydrogen) atoms. The second-order valence-electron chi connectivity index (χ2n) is 14.5. The average Bonchev–Trinajstić information content (AvgIpc) is 3.86. The Labute approximate surface area is 335 Å². The van der Waals surface area contributed by atoms with Crippen molar-refractivity contribution < 1.29 is 4.42 Å². The summed E-state index contributed by atoms with van der Waals surface area (Å²) in [5.74, 6) is 0. The van der Waals surface area contributed by atoms with Crippen LogP contribution in [0.2, 0.25) is 0 Å². The van der Waals surface area contributed by atoms with Crippen LogP contribution < -0.4 is 4.90 Å². The maximum atomic E-state index is 6.25. The summed E-state index contributed by atoms with van der Waals surface area (Å²) in [5.41, 5.74) is 14.6. The van der Waals surface area contributed by atoms with E-state index in [-0.39, 0.29) is 0 Å². The highest BCUT2D eigenvalue weighted by molar-refractivity contribution is 7.26. The highest BCUT2D eigenvalue weighted by atomic mass is 32.1. The Bertz CT molecular complexity index is 3230. The molecule has 0 spiro atoms. The van der Waals surface area contributed by atoms with Gasteiger partial charge < -0.3 is 9.32 Å². The van der Waals surface area contributed by atoms with E-state index in [1.54, 1.807) is 0 Å². The number of hydrogen-bond acceptors (Lipinski definition) is 3. The van der Waals surface area contributed by atoms with E-state index in [4.69, 9.17) is 4.42 Å². The van der Waals surface area contributed by atoms with Gasteiger partial charge in [0.05, 0.1) is 10.4 Å².